The molecule has 0 saturated carbocycles. The number of hydrogen-bond donors (Lipinski definition) is 1. The van der Waals surface area contributed by atoms with Crippen molar-refractivity contribution in [1.82, 2.24) is 4.90 Å². The zero-order valence-corrected chi connectivity index (χ0v) is 14.0. The van der Waals surface area contributed by atoms with Gasteiger partial charge in [0, 0.05) is 13.1 Å². The zero-order chi connectivity index (χ0) is 17.0. The van der Waals surface area contributed by atoms with Gasteiger partial charge in [-0.2, -0.15) is 0 Å². The SMILES string of the molecule is CC(C)(C)OC(=O)N1CC(CCc2ccccc2)C(C(=O)O)C1. The Bertz CT molecular complexity index is 550. The van der Waals surface area contributed by atoms with Crippen molar-refractivity contribution in [2.24, 2.45) is 11.8 Å². The van der Waals surface area contributed by atoms with Crippen LogP contribution in [0.1, 0.15) is 32.8 Å². The molecule has 1 fully saturated rings. The van der Waals surface area contributed by atoms with Crippen LogP contribution >= 0.6 is 0 Å². The number of carbonyl (C=O) groups excluding carboxylic acids is 1. The van der Waals surface area contributed by atoms with Crippen molar-refractivity contribution in [1.29, 1.82) is 0 Å². The Morgan fingerprint density at radius 3 is 2.43 bits per heavy atom. The molecule has 2 rings (SSSR count). The third-order valence-electron chi connectivity index (χ3n) is 4.06. The summed E-state index contributed by atoms with van der Waals surface area (Å²) in [6.45, 7) is 6.09. The molecule has 1 heterocycles. The molecular weight excluding hydrogens is 294 g/mol. The number of hydrogen-bond acceptors (Lipinski definition) is 3. The molecule has 1 N–H and O–H groups in total. The second-order valence-electron chi connectivity index (χ2n) is 7.11. The molecule has 0 aliphatic carbocycles. The maximum Gasteiger partial charge on any atom is 0.410 e. The molecular formula is C18H25NO4. The second-order valence-corrected chi connectivity index (χ2v) is 7.11. The Labute approximate surface area is 137 Å². The van der Waals surface area contributed by atoms with Gasteiger partial charge in [-0.15, -0.1) is 0 Å². The third kappa shape index (κ3) is 4.98. The molecule has 1 aliphatic heterocycles. The van der Waals surface area contributed by atoms with Gasteiger partial charge in [-0.1, -0.05) is 30.3 Å². The molecule has 126 valence electrons. The Morgan fingerprint density at radius 1 is 1.22 bits per heavy atom. The number of nitrogens with zero attached hydrogens (tertiary/aromatic N) is 1. The number of aliphatic carboxylic acids is 1. The van der Waals surface area contributed by atoms with Crippen molar-refractivity contribution in [3.05, 3.63) is 35.9 Å². The van der Waals surface area contributed by atoms with E-state index in [9.17, 15) is 14.7 Å². The van der Waals surface area contributed by atoms with E-state index in [2.05, 4.69) is 0 Å². The minimum atomic E-state index is -0.839. The quantitative estimate of drug-likeness (QED) is 0.925. The highest BCUT2D eigenvalue weighted by Gasteiger charge is 2.40. The number of rotatable bonds is 4. The minimum absolute atomic E-state index is 0.0415. The fourth-order valence-electron chi connectivity index (χ4n) is 2.92. The summed E-state index contributed by atoms with van der Waals surface area (Å²) in [5.74, 6) is -1.40. The van der Waals surface area contributed by atoms with Crippen molar-refractivity contribution in [3.8, 4) is 0 Å². The second kappa shape index (κ2) is 7.02. The van der Waals surface area contributed by atoms with Crippen molar-refractivity contribution in [3.63, 3.8) is 0 Å². The number of carbonyl (C=O) groups is 2. The average Bonchev–Trinajstić information content (AvgIpc) is 2.89. The topological polar surface area (TPSA) is 66.8 Å². The van der Waals surface area contributed by atoms with Crippen molar-refractivity contribution < 1.29 is 19.4 Å². The summed E-state index contributed by atoms with van der Waals surface area (Å²) in [5.41, 5.74) is 0.616. The lowest BCUT2D eigenvalue weighted by atomic mass is 9.90. The highest BCUT2D eigenvalue weighted by molar-refractivity contribution is 5.74. The van der Waals surface area contributed by atoms with Crippen molar-refractivity contribution in [2.45, 2.75) is 39.2 Å². The number of benzene rings is 1. The number of carboxylic acid groups (broad SMARTS) is 1. The minimum Gasteiger partial charge on any atom is -0.481 e. The van der Waals surface area contributed by atoms with E-state index in [0.717, 1.165) is 12.8 Å². The third-order valence-corrected chi connectivity index (χ3v) is 4.06. The Hall–Kier alpha value is -2.04. The number of carboxylic acids is 1. The molecule has 0 radical (unpaired) electrons. The van der Waals surface area contributed by atoms with E-state index in [1.807, 2.05) is 51.1 Å². The van der Waals surface area contributed by atoms with Gasteiger partial charge in [-0.3, -0.25) is 4.79 Å². The monoisotopic (exact) mass is 319 g/mol. The van der Waals surface area contributed by atoms with E-state index in [1.165, 1.54) is 10.5 Å². The van der Waals surface area contributed by atoms with E-state index < -0.39 is 23.6 Å². The van der Waals surface area contributed by atoms with E-state index >= 15 is 0 Å². The molecule has 1 aliphatic rings. The van der Waals surface area contributed by atoms with Gasteiger partial charge in [0.2, 0.25) is 0 Å². The standard InChI is InChI=1S/C18H25NO4/c1-18(2,3)23-17(22)19-11-14(15(12-19)16(20)21)10-9-13-7-5-4-6-8-13/h4-8,14-15H,9-12H2,1-3H3,(H,20,21). The van der Waals surface area contributed by atoms with E-state index in [4.69, 9.17) is 4.74 Å². The van der Waals surface area contributed by atoms with Crippen LogP contribution in [-0.2, 0) is 16.0 Å². The zero-order valence-electron chi connectivity index (χ0n) is 14.0. The predicted octanol–water partition coefficient (Wildman–Crippen LogP) is 3.19. The Balaban J connectivity index is 1.98. The van der Waals surface area contributed by atoms with Crippen LogP contribution in [0.4, 0.5) is 4.79 Å². The van der Waals surface area contributed by atoms with Crippen LogP contribution in [0, 0.1) is 11.8 Å². The van der Waals surface area contributed by atoms with E-state index in [1.54, 1.807) is 0 Å². The van der Waals surface area contributed by atoms with Gasteiger partial charge in [0.1, 0.15) is 5.60 Å². The number of aryl methyl sites for hydroxylation is 1. The van der Waals surface area contributed by atoms with Gasteiger partial charge in [-0.05, 0) is 45.1 Å². The summed E-state index contributed by atoms with van der Waals surface area (Å²) < 4.78 is 5.35. The number of amides is 1. The van der Waals surface area contributed by atoms with Gasteiger partial charge in [-0.25, -0.2) is 4.79 Å². The van der Waals surface area contributed by atoms with Gasteiger partial charge in [0.25, 0.3) is 0 Å². The molecule has 0 bridgehead atoms. The van der Waals surface area contributed by atoms with Crippen LogP contribution in [0.3, 0.4) is 0 Å². The van der Waals surface area contributed by atoms with Crippen molar-refractivity contribution >= 4 is 12.1 Å². The van der Waals surface area contributed by atoms with Gasteiger partial charge in [0.05, 0.1) is 5.92 Å². The highest BCUT2D eigenvalue weighted by atomic mass is 16.6. The summed E-state index contributed by atoms with van der Waals surface area (Å²) >= 11 is 0. The fraction of sp³-hybridized carbons (Fsp3) is 0.556. The first-order valence-electron chi connectivity index (χ1n) is 8.01. The smallest absolute Gasteiger partial charge is 0.410 e. The largest absolute Gasteiger partial charge is 0.481 e. The predicted molar refractivity (Wildman–Crippen MR) is 87.2 cm³/mol. The molecule has 1 amide bonds. The van der Waals surface area contributed by atoms with Crippen LogP contribution in [0.2, 0.25) is 0 Å². The Kier molecular flexibility index (Phi) is 5.29. The lowest BCUT2D eigenvalue weighted by Crippen LogP contribution is -2.36. The maximum atomic E-state index is 12.2. The molecule has 1 aromatic carbocycles. The first-order chi connectivity index (χ1) is 10.8. The molecule has 1 saturated heterocycles. The molecule has 0 aromatic heterocycles. The molecule has 23 heavy (non-hydrogen) atoms. The van der Waals surface area contributed by atoms with Crippen LogP contribution < -0.4 is 0 Å². The van der Waals surface area contributed by atoms with E-state index in [0.29, 0.717) is 6.54 Å². The molecule has 0 spiro atoms. The Morgan fingerprint density at radius 2 is 1.87 bits per heavy atom. The van der Waals surface area contributed by atoms with Crippen molar-refractivity contribution in [2.75, 3.05) is 13.1 Å². The van der Waals surface area contributed by atoms with Gasteiger partial charge in [0.15, 0.2) is 0 Å². The summed E-state index contributed by atoms with van der Waals surface area (Å²) in [4.78, 5) is 25.2. The van der Waals surface area contributed by atoms with Crippen LogP contribution in [0.5, 0.6) is 0 Å². The van der Waals surface area contributed by atoms with E-state index in [-0.39, 0.29) is 12.5 Å². The normalized spacial score (nSPS) is 21.3. The molecule has 1 aromatic rings. The maximum absolute atomic E-state index is 12.2. The average molecular weight is 319 g/mol. The van der Waals surface area contributed by atoms with Gasteiger partial charge >= 0.3 is 12.1 Å². The number of ether oxygens (including phenoxy) is 1. The number of likely N-dealkylation sites (tertiary alicyclic amines) is 1. The summed E-state index contributed by atoms with van der Waals surface area (Å²) in [5, 5.41) is 9.43. The van der Waals surface area contributed by atoms with Crippen LogP contribution in [-0.4, -0.2) is 40.8 Å². The first kappa shape index (κ1) is 17.3. The summed E-state index contributed by atoms with van der Waals surface area (Å²) in [6.07, 6.45) is 1.14. The molecule has 5 heteroatoms. The van der Waals surface area contributed by atoms with Crippen LogP contribution in [0.15, 0.2) is 30.3 Å². The molecule has 2 atom stereocenters. The van der Waals surface area contributed by atoms with Gasteiger partial charge < -0.3 is 14.7 Å². The molecule has 5 nitrogen and oxygen atoms in total. The summed E-state index contributed by atoms with van der Waals surface area (Å²) in [6, 6.07) is 9.99. The first-order valence-corrected chi connectivity index (χ1v) is 8.01. The lowest BCUT2D eigenvalue weighted by molar-refractivity contribution is -0.142. The lowest BCUT2D eigenvalue weighted by Gasteiger charge is -2.24. The molecule has 2 unspecified atom stereocenters. The fourth-order valence-corrected chi connectivity index (χ4v) is 2.92. The van der Waals surface area contributed by atoms with Crippen LogP contribution in [0.25, 0.3) is 0 Å². The highest BCUT2D eigenvalue weighted by Crippen LogP contribution is 2.29. The summed E-state index contributed by atoms with van der Waals surface area (Å²) in [7, 11) is 0.